The molecule has 8 heteroatoms. The molecule has 0 spiro atoms. The number of quaternary nitrogens is 1. The Morgan fingerprint density at radius 3 is 2.64 bits per heavy atom. The molecular weight excluding hydrogens is 362 g/mol. The summed E-state index contributed by atoms with van der Waals surface area (Å²) >= 11 is 0. The number of H-pyrrole nitrogens is 1. The van der Waals surface area contributed by atoms with Gasteiger partial charge in [-0.15, -0.1) is 0 Å². The molecule has 1 aliphatic rings. The van der Waals surface area contributed by atoms with E-state index in [-0.39, 0.29) is 30.4 Å². The van der Waals surface area contributed by atoms with Crippen LogP contribution >= 0.6 is 0 Å². The van der Waals surface area contributed by atoms with E-state index in [4.69, 9.17) is 14.2 Å². The van der Waals surface area contributed by atoms with Crippen molar-refractivity contribution in [3.63, 3.8) is 0 Å². The summed E-state index contributed by atoms with van der Waals surface area (Å²) in [4.78, 5) is 29.3. The van der Waals surface area contributed by atoms with Crippen molar-refractivity contribution in [1.82, 2.24) is 4.98 Å². The molecule has 152 valence electrons. The third-order valence-corrected chi connectivity index (χ3v) is 4.78. The van der Waals surface area contributed by atoms with E-state index in [1.807, 2.05) is 19.9 Å². The van der Waals surface area contributed by atoms with Gasteiger partial charge in [-0.05, 0) is 32.9 Å². The van der Waals surface area contributed by atoms with Crippen LogP contribution in [-0.2, 0) is 14.3 Å². The molecule has 1 amide bonds. The van der Waals surface area contributed by atoms with Gasteiger partial charge in [-0.2, -0.15) is 0 Å². The first-order chi connectivity index (χ1) is 13.4. The quantitative estimate of drug-likeness (QED) is 0.640. The van der Waals surface area contributed by atoms with Crippen LogP contribution in [0, 0.1) is 0 Å². The third kappa shape index (κ3) is 4.45. The van der Waals surface area contributed by atoms with Gasteiger partial charge in [0.1, 0.15) is 36.7 Å². The molecule has 0 bridgehead atoms. The number of aromatic nitrogens is 1. The summed E-state index contributed by atoms with van der Waals surface area (Å²) < 4.78 is 16.1. The Balaban J connectivity index is 1.84. The van der Waals surface area contributed by atoms with Gasteiger partial charge in [0.25, 0.3) is 5.91 Å². The number of nitrogens with one attached hydrogen (secondary N) is 3. The normalized spacial score (nSPS) is 22.1. The highest BCUT2D eigenvalue weighted by Gasteiger charge is 2.28. The van der Waals surface area contributed by atoms with Crippen molar-refractivity contribution in [1.29, 1.82) is 0 Å². The summed E-state index contributed by atoms with van der Waals surface area (Å²) in [5.41, 5.74) is 1.37. The SMILES string of the molecule is CCOC(=O)c1[nH]c2cc(OC)ccc2c1NC(=O)C[NH+]1C[C@@H](C)O[C@H](C)C1. The number of methoxy groups -OCH3 is 1. The average Bonchev–Trinajstić information content (AvgIpc) is 2.98. The van der Waals surface area contributed by atoms with Crippen molar-refractivity contribution in [3.05, 3.63) is 23.9 Å². The number of fused-ring (bicyclic) bond motifs is 1. The molecule has 1 aromatic carbocycles. The van der Waals surface area contributed by atoms with Gasteiger partial charge in [0, 0.05) is 11.5 Å². The van der Waals surface area contributed by atoms with Gasteiger partial charge in [-0.25, -0.2) is 4.79 Å². The van der Waals surface area contributed by atoms with Crippen LogP contribution < -0.4 is 15.0 Å². The molecule has 28 heavy (non-hydrogen) atoms. The largest absolute Gasteiger partial charge is 0.497 e. The van der Waals surface area contributed by atoms with E-state index in [1.54, 1.807) is 26.2 Å². The molecule has 1 fully saturated rings. The molecule has 0 radical (unpaired) electrons. The first-order valence-electron chi connectivity index (χ1n) is 9.57. The number of hydrogen-bond acceptors (Lipinski definition) is 5. The molecule has 2 aromatic rings. The molecule has 3 rings (SSSR count). The zero-order valence-electron chi connectivity index (χ0n) is 16.8. The van der Waals surface area contributed by atoms with Gasteiger partial charge >= 0.3 is 5.97 Å². The molecule has 1 aromatic heterocycles. The van der Waals surface area contributed by atoms with Gasteiger partial charge in [-0.1, -0.05) is 0 Å². The van der Waals surface area contributed by atoms with E-state index >= 15 is 0 Å². The number of carbonyl (C=O) groups is 2. The topological polar surface area (TPSA) is 94.1 Å². The Bertz CT molecular complexity index is 853. The van der Waals surface area contributed by atoms with Crippen LogP contribution in [0.15, 0.2) is 18.2 Å². The molecular formula is C20H28N3O5+. The van der Waals surface area contributed by atoms with Crippen LogP contribution in [0.4, 0.5) is 5.69 Å². The Morgan fingerprint density at radius 1 is 1.29 bits per heavy atom. The van der Waals surface area contributed by atoms with Crippen molar-refractivity contribution in [2.24, 2.45) is 0 Å². The molecule has 0 unspecified atom stereocenters. The second kappa shape index (κ2) is 8.62. The number of anilines is 1. The lowest BCUT2D eigenvalue weighted by Gasteiger charge is -2.31. The minimum absolute atomic E-state index is 0.113. The number of hydrogen-bond donors (Lipinski definition) is 3. The summed E-state index contributed by atoms with van der Waals surface area (Å²) in [6, 6.07) is 5.39. The highest BCUT2D eigenvalue weighted by molar-refractivity contribution is 6.11. The van der Waals surface area contributed by atoms with E-state index in [1.165, 1.54) is 0 Å². The molecule has 2 atom stereocenters. The Hall–Kier alpha value is -2.58. The number of esters is 1. The summed E-state index contributed by atoms with van der Waals surface area (Å²) in [5, 5.41) is 3.65. The van der Waals surface area contributed by atoms with E-state index in [9.17, 15) is 9.59 Å². The second-order valence-electron chi connectivity index (χ2n) is 7.15. The third-order valence-electron chi connectivity index (χ3n) is 4.78. The van der Waals surface area contributed by atoms with Gasteiger partial charge in [-0.3, -0.25) is 4.79 Å². The molecule has 3 N–H and O–H groups in total. The van der Waals surface area contributed by atoms with Crippen LogP contribution in [0.5, 0.6) is 5.75 Å². The number of rotatable bonds is 6. The van der Waals surface area contributed by atoms with Crippen molar-refractivity contribution in [3.8, 4) is 5.75 Å². The van der Waals surface area contributed by atoms with E-state index in [0.29, 0.717) is 23.5 Å². The molecule has 1 aliphatic heterocycles. The van der Waals surface area contributed by atoms with Crippen molar-refractivity contribution in [2.75, 3.05) is 38.7 Å². The van der Waals surface area contributed by atoms with Gasteiger partial charge in [0.05, 0.1) is 24.9 Å². The fourth-order valence-electron chi connectivity index (χ4n) is 3.73. The first-order valence-corrected chi connectivity index (χ1v) is 9.57. The number of amides is 1. The van der Waals surface area contributed by atoms with Gasteiger partial charge in [0.2, 0.25) is 0 Å². The van der Waals surface area contributed by atoms with Crippen LogP contribution in [0.3, 0.4) is 0 Å². The van der Waals surface area contributed by atoms with E-state index < -0.39 is 5.97 Å². The van der Waals surface area contributed by atoms with Gasteiger partial charge < -0.3 is 29.4 Å². The molecule has 8 nitrogen and oxygen atoms in total. The van der Waals surface area contributed by atoms with Gasteiger partial charge in [0.15, 0.2) is 6.54 Å². The maximum atomic E-state index is 12.7. The Kier molecular flexibility index (Phi) is 6.21. The number of aromatic amines is 1. The van der Waals surface area contributed by atoms with E-state index in [0.717, 1.165) is 23.4 Å². The Labute approximate surface area is 164 Å². The number of morpholine rings is 1. The first kappa shape index (κ1) is 20.2. The minimum atomic E-state index is -0.506. The monoisotopic (exact) mass is 390 g/mol. The fourth-order valence-corrected chi connectivity index (χ4v) is 3.73. The summed E-state index contributed by atoms with van der Waals surface area (Å²) in [5.74, 6) is -0.00438. The summed E-state index contributed by atoms with van der Waals surface area (Å²) in [6.07, 6.45) is 0.226. The maximum absolute atomic E-state index is 12.7. The predicted octanol–water partition coefficient (Wildman–Crippen LogP) is 0.984. The smallest absolute Gasteiger partial charge is 0.356 e. The van der Waals surface area contributed by atoms with Crippen LogP contribution in [0.2, 0.25) is 0 Å². The zero-order chi connectivity index (χ0) is 20.3. The lowest BCUT2D eigenvalue weighted by atomic mass is 10.2. The fraction of sp³-hybridized carbons (Fsp3) is 0.500. The number of benzene rings is 1. The van der Waals surface area contributed by atoms with Crippen molar-refractivity contribution < 1.29 is 28.7 Å². The Morgan fingerprint density at radius 2 is 2.00 bits per heavy atom. The summed E-state index contributed by atoms with van der Waals surface area (Å²) in [7, 11) is 1.58. The van der Waals surface area contributed by atoms with Crippen molar-refractivity contribution in [2.45, 2.75) is 33.0 Å². The number of ether oxygens (including phenoxy) is 3. The van der Waals surface area contributed by atoms with Crippen LogP contribution in [-0.4, -0.2) is 62.4 Å². The second-order valence-corrected chi connectivity index (χ2v) is 7.15. The zero-order valence-corrected chi connectivity index (χ0v) is 16.8. The predicted molar refractivity (Wildman–Crippen MR) is 105 cm³/mol. The lowest BCUT2D eigenvalue weighted by molar-refractivity contribution is -0.907. The molecule has 0 saturated carbocycles. The minimum Gasteiger partial charge on any atom is -0.497 e. The highest BCUT2D eigenvalue weighted by Crippen LogP contribution is 2.31. The standard InChI is InChI=1S/C20H27N3O5/c1-5-27-20(25)19-18(15-7-6-14(26-4)8-16(15)21-19)22-17(24)11-23-9-12(2)28-13(3)10-23/h6-8,12-13,21H,5,9-11H2,1-4H3,(H,22,24)/p+1/t12-,13-/m1/s1. The number of carbonyl (C=O) groups excluding carboxylic acids is 2. The molecule has 0 aliphatic carbocycles. The summed E-state index contributed by atoms with van der Waals surface area (Å²) in [6.45, 7) is 7.87. The highest BCUT2D eigenvalue weighted by atomic mass is 16.5. The van der Waals surface area contributed by atoms with E-state index in [2.05, 4.69) is 10.3 Å². The molecule has 1 saturated heterocycles. The van der Waals surface area contributed by atoms with Crippen molar-refractivity contribution >= 4 is 28.5 Å². The van der Waals surface area contributed by atoms with Crippen LogP contribution in [0.25, 0.3) is 10.9 Å². The average molecular weight is 390 g/mol. The maximum Gasteiger partial charge on any atom is 0.356 e. The molecule has 2 heterocycles. The van der Waals surface area contributed by atoms with Crippen LogP contribution in [0.1, 0.15) is 31.3 Å². The lowest BCUT2D eigenvalue weighted by Crippen LogP contribution is -3.16.